The Morgan fingerprint density at radius 2 is 1.92 bits per heavy atom. The van der Waals surface area contributed by atoms with Crippen LogP contribution < -0.4 is 15.4 Å². The number of aromatic nitrogens is 4. The number of H-pyrrole nitrogens is 1. The Labute approximate surface area is 224 Å². The summed E-state index contributed by atoms with van der Waals surface area (Å²) in [5.41, 5.74) is 5.20. The Morgan fingerprint density at radius 3 is 2.56 bits per heavy atom. The molecule has 0 bridgehead atoms. The first kappa shape index (κ1) is 24.8. The van der Waals surface area contributed by atoms with Gasteiger partial charge in [0.2, 0.25) is 5.91 Å². The van der Waals surface area contributed by atoms with Crippen LogP contribution in [0.3, 0.4) is 0 Å². The fourth-order valence-corrected chi connectivity index (χ4v) is 5.71. The molecular formula is C29H29FN6O3. The average molecular weight is 529 g/mol. The number of nitrogens with one attached hydrogen (secondary N) is 3. The summed E-state index contributed by atoms with van der Waals surface area (Å²) in [7, 11) is 1.67. The van der Waals surface area contributed by atoms with Gasteiger partial charge in [0.05, 0.1) is 12.3 Å². The second kappa shape index (κ2) is 9.37. The maximum absolute atomic E-state index is 14.1. The Kier molecular flexibility index (Phi) is 5.97. The lowest BCUT2D eigenvalue weighted by Crippen LogP contribution is -2.52. The van der Waals surface area contributed by atoms with Crippen LogP contribution in [-0.4, -0.2) is 44.4 Å². The van der Waals surface area contributed by atoms with E-state index in [1.54, 1.807) is 19.2 Å². The lowest BCUT2D eigenvalue weighted by molar-refractivity contribution is -0.119. The summed E-state index contributed by atoms with van der Waals surface area (Å²) in [5.74, 6) is -1.18. The second-order valence-electron chi connectivity index (χ2n) is 10.5. The minimum atomic E-state index is -0.930. The normalized spacial score (nSPS) is 17.7. The molecule has 1 aliphatic heterocycles. The van der Waals surface area contributed by atoms with Gasteiger partial charge in [-0.2, -0.15) is 10.2 Å². The maximum Gasteiger partial charge on any atom is 0.270 e. The van der Waals surface area contributed by atoms with Crippen molar-refractivity contribution in [1.82, 2.24) is 25.3 Å². The van der Waals surface area contributed by atoms with E-state index >= 15 is 0 Å². The van der Waals surface area contributed by atoms with E-state index < -0.39 is 23.7 Å². The van der Waals surface area contributed by atoms with E-state index in [0.29, 0.717) is 29.3 Å². The van der Waals surface area contributed by atoms with Gasteiger partial charge in [-0.1, -0.05) is 18.2 Å². The molecule has 0 radical (unpaired) electrons. The number of hydrogen-bond donors (Lipinski definition) is 3. The number of ether oxygens (including phenoxy) is 1. The summed E-state index contributed by atoms with van der Waals surface area (Å²) in [4.78, 5) is 27.3. The third-order valence-corrected chi connectivity index (χ3v) is 7.90. The van der Waals surface area contributed by atoms with Crippen LogP contribution in [0.4, 0.5) is 10.1 Å². The number of anilines is 1. The van der Waals surface area contributed by atoms with Crippen molar-refractivity contribution >= 4 is 17.5 Å². The molecule has 1 fully saturated rings. The van der Waals surface area contributed by atoms with Gasteiger partial charge in [-0.25, -0.2) is 4.39 Å². The van der Waals surface area contributed by atoms with E-state index in [0.717, 1.165) is 35.4 Å². The third-order valence-electron chi connectivity index (χ3n) is 7.90. The highest BCUT2D eigenvalue weighted by Crippen LogP contribution is 2.61. The van der Waals surface area contributed by atoms with Crippen LogP contribution in [0.5, 0.6) is 5.75 Å². The molecule has 1 aliphatic carbocycles. The first-order valence-electron chi connectivity index (χ1n) is 12.9. The number of hydrogen-bond acceptors (Lipinski definition) is 5. The van der Waals surface area contributed by atoms with E-state index in [1.165, 1.54) is 23.0 Å². The molecule has 9 nitrogen and oxygen atoms in total. The molecule has 200 valence electrons. The van der Waals surface area contributed by atoms with E-state index in [-0.39, 0.29) is 11.3 Å². The molecule has 10 heteroatoms. The predicted molar refractivity (Wildman–Crippen MR) is 143 cm³/mol. The van der Waals surface area contributed by atoms with E-state index in [9.17, 15) is 14.0 Å². The molecule has 1 saturated carbocycles. The first-order chi connectivity index (χ1) is 18.8. The SMILES string of the molecule is Cc1n[nH]c(C)c1-c1ccc(NC(=O)[C@@H](NC(=O)c2ccnn2C)C2c3ccc(F)cc3OCC23CC3)cc1. The number of carbonyl (C=O) groups is 2. The lowest BCUT2D eigenvalue weighted by Gasteiger charge is -2.38. The van der Waals surface area contributed by atoms with Crippen LogP contribution in [0, 0.1) is 25.1 Å². The maximum atomic E-state index is 14.1. The fraction of sp³-hybridized carbons (Fsp3) is 0.310. The van der Waals surface area contributed by atoms with Crippen molar-refractivity contribution in [1.29, 1.82) is 0 Å². The van der Waals surface area contributed by atoms with E-state index in [2.05, 4.69) is 25.9 Å². The summed E-state index contributed by atoms with van der Waals surface area (Å²) in [6.45, 7) is 4.26. The smallest absolute Gasteiger partial charge is 0.270 e. The van der Waals surface area contributed by atoms with Gasteiger partial charge < -0.3 is 15.4 Å². The van der Waals surface area contributed by atoms with Crippen LogP contribution >= 0.6 is 0 Å². The zero-order chi connectivity index (χ0) is 27.3. The van der Waals surface area contributed by atoms with Crippen LogP contribution in [0.2, 0.25) is 0 Å². The van der Waals surface area contributed by atoms with Crippen LogP contribution in [0.25, 0.3) is 11.1 Å². The second-order valence-corrected chi connectivity index (χ2v) is 10.5. The van der Waals surface area contributed by atoms with Crippen molar-refractivity contribution in [2.45, 2.75) is 38.6 Å². The summed E-state index contributed by atoms with van der Waals surface area (Å²) < 4.78 is 21.4. The van der Waals surface area contributed by atoms with Crippen molar-refractivity contribution in [2.75, 3.05) is 11.9 Å². The Hall–Kier alpha value is -4.47. The number of nitrogens with zero attached hydrogens (tertiary/aromatic N) is 3. The molecule has 6 rings (SSSR count). The number of amides is 2. The predicted octanol–water partition coefficient (Wildman–Crippen LogP) is 4.26. The molecule has 2 amide bonds. The topological polar surface area (TPSA) is 114 Å². The van der Waals surface area contributed by atoms with Gasteiger partial charge in [-0.05, 0) is 56.5 Å². The molecule has 1 unspecified atom stereocenters. The Morgan fingerprint density at radius 1 is 1.15 bits per heavy atom. The third kappa shape index (κ3) is 4.45. The van der Waals surface area contributed by atoms with E-state index in [4.69, 9.17) is 4.74 Å². The Balaban J connectivity index is 1.33. The van der Waals surface area contributed by atoms with E-state index in [1.807, 2.05) is 38.1 Å². The summed E-state index contributed by atoms with van der Waals surface area (Å²) in [6, 6.07) is 12.6. The summed E-state index contributed by atoms with van der Waals surface area (Å²) >= 11 is 0. The van der Waals surface area contributed by atoms with Gasteiger partial charge in [-0.3, -0.25) is 19.4 Å². The van der Waals surface area contributed by atoms with Crippen LogP contribution in [0.15, 0.2) is 54.7 Å². The monoisotopic (exact) mass is 528 g/mol. The van der Waals surface area contributed by atoms with Crippen molar-refractivity contribution in [3.8, 4) is 16.9 Å². The van der Waals surface area contributed by atoms with Gasteiger partial charge in [0.25, 0.3) is 5.91 Å². The van der Waals surface area contributed by atoms with Crippen molar-refractivity contribution in [3.05, 3.63) is 83.2 Å². The standard InChI is InChI=1S/C29H29FN6O3/c1-16-24(17(2)35-34-16)18-4-7-20(8-5-18)32-28(38)26(33-27(37)22-10-13-31-36(22)3)25-21-9-6-19(30)14-23(21)39-15-29(25)11-12-29/h4-10,13-14,25-26H,11-12,15H2,1-3H3,(H,32,38)(H,33,37)(H,34,35)/t25?,26-/m0/s1. The molecule has 3 heterocycles. The number of carbonyl (C=O) groups excluding carboxylic acids is 2. The molecule has 4 aromatic rings. The quantitative estimate of drug-likeness (QED) is 0.346. The number of halogens is 1. The van der Waals surface area contributed by atoms with Crippen LogP contribution in [0.1, 0.15) is 46.2 Å². The molecule has 2 aliphatic rings. The van der Waals surface area contributed by atoms with Crippen LogP contribution in [-0.2, 0) is 11.8 Å². The minimum Gasteiger partial charge on any atom is -0.493 e. The van der Waals surface area contributed by atoms with Gasteiger partial charge in [0.15, 0.2) is 0 Å². The highest BCUT2D eigenvalue weighted by atomic mass is 19.1. The minimum absolute atomic E-state index is 0.313. The number of benzene rings is 2. The van der Waals surface area contributed by atoms with Gasteiger partial charge in [0.1, 0.15) is 23.3 Å². The number of rotatable bonds is 6. The zero-order valence-corrected chi connectivity index (χ0v) is 21.9. The number of aromatic amines is 1. The molecule has 2 aromatic heterocycles. The fourth-order valence-electron chi connectivity index (χ4n) is 5.71. The summed E-state index contributed by atoms with van der Waals surface area (Å²) in [6.07, 6.45) is 3.22. The average Bonchev–Trinajstić information content (AvgIpc) is 3.42. The molecule has 1 spiro atoms. The lowest BCUT2D eigenvalue weighted by atomic mass is 9.76. The molecule has 2 atom stereocenters. The zero-order valence-electron chi connectivity index (χ0n) is 21.9. The summed E-state index contributed by atoms with van der Waals surface area (Å²) in [5, 5.41) is 17.3. The van der Waals surface area contributed by atoms with Gasteiger partial charge in [0, 0.05) is 53.2 Å². The Bertz CT molecular complexity index is 1550. The number of fused-ring (bicyclic) bond motifs is 1. The van der Waals surface area contributed by atoms with Crippen molar-refractivity contribution in [2.24, 2.45) is 12.5 Å². The molecule has 39 heavy (non-hydrogen) atoms. The highest BCUT2D eigenvalue weighted by Gasteiger charge is 2.58. The van der Waals surface area contributed by atoms with Crippen molar-refractivity contribution < 1.29 is 18.7 Å². The largest absolute Gasteiger partial charge is 0.493 e. The van der Waals surface area contributed by atoms with Gasteiger partial charge in [-0.15, -0.1) is 0 Å². The number of aryl methyl sites for hydroxylation is 3. The molecule has 3 N–H and O–H groups in total. The highest BCUT2D eigenvalue weighted by molar-refractivity contribution is 6.01. The molecule has 0 saturated heterocycles. The molecule has 2 aromatic carbocycles. The van der Waals surface area contributed by atoms with Crippen molar-refractivity contribution in [3.63, 3.8) is 0 Å². The van der Waals surface area contributed by atoms with Gasteiger partial charge >= 0.3 is 0 Å². The first-order valence-corrected chi connectivity index (χ1v) is 12.9. The molecular weight excluding hydrogens is 499 g/mol.